The summed E-state index contributed by atoms with van der Waals surface area (Å²) in [5.74, 6) is -0.213. The second-order valence-corrected chi connectivity index (χ2v) is 13.2. The lowest BCUT2D eigenvalue weighted by atomic mass is 10.1. The SMILES string of the molecule is CCCCNC(=O)[C@@H](C)N(Cc1ccc(Br)cc1)C(=O)CN(c1ccc(OCC)cc1)S(=O)(=O)c1ccc(SC)cc1. The molecule has 0 aliphatic rings. The fraction of sp³-hybridized carbons (Fsp3) is 0.355. The Labute approximate surface area is 262 Å². The van der Waals surface area contributed by atoms with Crippen molar-refractivity contribution in [2.45, 2.75) is 56.0 Å². The van der Waals surface area contributed by atoms with E-state index in [0.29, 0.717) is 24.6 Å². The summed E-state index contributed by atoms with van der Waals surface area (Å²) < 4.78 is 35.5. The molecule has 3 aromatic carbocycles. The topological polar surface area (TPSA) is 96.0 Å². The van der Waals surface area contributed by atoms with Crippen molar-refractivity contribution in [3.05, 3.63) is 82.8 Å². The van der Waals surface area contributed by atoms with Crippen LogP contribution < -0.4 is 14.4 Å². The van der Waals surface area contributed by atoms with Gasteiger partial charge in [0.15, 0.2) is 0 Å². The molecule has 3 rings (SSSR count). The zero-order valence-corrected chi connectivity index (χ0v) is 27.6. The molecule has 0 heterocycles. The van der Waals surface area contributed by atoms with Gasteiger partial charge in [0.2, 0.25) is 11.8 Å². The van der Waals surface area contributed by atoms with Crippen molar-refractivity contribution >= 4 is 55.2 Å². The van der Waals surface area contributed by atoms with Crippen LogP contribution in [0.25, 0.3) is 0 Å². The van der Waals surface area contributed by atoms with E-state index in [1.807, 2.05) is 44.4 Å². The number of anilines is 1. The molecule has 0 bridgehead atoms. The molecule has 3 aromatic rings. The molecule has 0 aromatic heterocycles. The molecule has 0 fully saturated rings. The number of rotatable bonds is 15. The van der Waals surface area contributed by atoms with Crippen LogP contribution >= 0.6 is 27.7 Å². The number of carbonyl (C=O) groups is 2. The van der Waals surface area contributed by atoms with Crippen molar-refractivity contribution in [1.82, 2.24) is 10.2 Å². The van der Waals surface area contributed by atoms with Gasteiger partial charge < -0.3 is 15.0 Å². The van der Waals surface area contributed by atoms with Gasteiger partial charge >= 0.3 is 0 Å². The lowest BCUT2D eigenvalue weighted by molar-refractivity contribution is -0.139. The van der Waals surface area contributed by atoms with Gasteiger partial charge in [-0.2, -0.15) is 0 Å². The summed E-state index contributed by atoms with van der Waals surface area (Å²) in [7, 11) is -4.15. The number of amides is 2. The van der Waals surface area contributed by atoms with Crippen LogP contribution in [0.3, 0.4) is 0 Å². The van der Waals surface area contributed by atoms with E-state index < -0.39 is 28.5 Å². The monoisotopic (exact) mass is 675 g/mol. The highest BCUT2D eigenvalue weighted by atomic mass is 79.9. The van der Waals surface area contributed by atoms with Crippen LogP contribution in [0.1, 0.15) is 39.2 Å². The molecule has 42 heavy (non-hydrogen) atoms. The number of unbranched alkanes of at least 4 members (excludes halogenated alkanes) is 1. The maximum Gasteiger partial charge on any atom is 0.264 e. The van der Waals surface area contributed by atoms with Gasteiger partial charge in [0.25, 0.3) is 10.0 Å². The molecule has 0 saturated heterocycles. The molecule has 11 heteroatoms. The van der Waals surface area contributed by atoms with E-state index in [4.69, 9.17) is 4.74 Å². The average Bonchev–Trinajstić information content (AvgIpc) is 2.99. The zero-order valence-electron chi connectivity index (χ0n) is 24.4. The van der Waals surface area contributed by atoms with Gasteiger partial charge in [-0.15, -0.1) is 11.8 Å². The molecule has 0 saturated carbocycles. The first kappa shape index (κ1) is 33.5. The fourth-order valence-electron chi connectivity index (χ4n) is 4.18. The average molecular weight is 677 g/mol. The van der Waals surface area contributed by atoms with E-state index in [9.17, 15) is 18.0 Å². The molecule has 2 amide bonds. The minimum Gasteiger partial charge on any atom is -0.494 e. The highest BCUT2D eigenvalue weighted by Gasteiger charge is 2.32. The van der Waals surface area contributed by atoms with Crippen LogP contribution in [0.15, 0.2) is 87.1 Å². The molecule has 226 valence electrons. The van der Waals surface area contributed by atoms with E-state index >= 15 is 0 Å². The van der Waals surface area contributed by atoms with Crippen molar-refractivity contribution in [3.63, 3.8) is 0 Å². The highest BCUT2D eigenvalue weighted by Crippen LogP contribution is 2.28. The quantitative estimate of drug-likeness (QED) is 0.155. The Morgan fingerprint density at radius 3 is 2.19 bits per heavy atom. The summed E-state index contributed by atoms with van der Waals surface area (Å²) in [6.07, 6.45) is 3.65. The van der Waals surface area contributed by atoms with Gasteiger partial charge in [-0.3, -0.25) is 13.9 Å². The van der Waals surface area contributed by atoms with Crippen LogP contribution in [0, 0.1) is 0 Å². The third-order valence-electron chi connectivity index (χ3n) is 6.63. The van der Waals surface area contributed by atoms with E-state index in [1.54, 1.807) is 43.3 Å². The first-order chi connectivity index (χ1) is 20.1. The molecular weight excluding hydrogens is 638 g/mol. The smallest absolute Gasteiger partial charge is 0.264 e. The molecule has 0 aliphatic carbocycles. The Hall–Kier alpha value is -3.02. The first-order valence-corrected chi connectivity index (χ1v) is 17.3. The zero-order chi connectivity index (χ0) is 30.7. The van der Waals surface area contributed by atoms with Crippen LogP contribution in [0.2, 0.25) is 0 Å². The van der Waals surface area contributed by atoms with Gasteiger partial charge in [0, 0.05) is 22.5 Å². The Kier molecular flexibility index (Phi) is 12.8. The Morgan fingerprint density at radius 2 is 1.62 bits per heavy atom. The number of benzene rings is 3. The standard InChI is InChI=1S/C31H38BrN3O5S2/c1-5-7-20-33-31(37)23(3)34(21-24-8-10-25(32)11-9-24)30(36)22-35(26-12-14-27(15-13-26)40-6-2)42(38,39)29-18-16-28(41-4)17-19-29/h8-19,23H,5-7,20-22H2,1-4H3,(H,33,37)/t23-/m1/s1. The predicted molar refractivity (Wildman–Crippen MR) is 172 cm³/mol. The van der Waals surface area contributed by atoms with E-state index in [1.165, 1.54) is 28.8 Å². The number of hydrogen-bond acceptors (Lipinski definition) is 6. The van der Waals surface area contributed by atoms with Crippen LogP contribution in [-0.2, 0) is 26.2 Å². The number of thioether (sulfide) groups is 1. The maximum atomic E-state index is 14.0. The fourth-order valence-corrected chi connectivity index (χ4v) is 6.27. The largest absolute Gasteiger partial charge is 0.494 e. The Balaban J connectivity index is 2.00. The third-order valence-corrected chi connectivity index (χ3v) is 9.69. The number of nitrogens with zero attached hydrogens (tertiary/aromatic N) is 2. The molecule has 0 radical (unpaired) electrons. The van der Waals surface area contributed by atoms with Crippen molar-refractivity contribution in [3.8, 4) is 5.75 Å². The minimum absolute atomic E-state index is 0.0619. The summed E-state index contributed by atoms with van der Waals surface area (Å²) in [4.78, 5) is 29.5. The van der Waals surface area contributed by atoms with Gasteiger partial charge in [-0.05, 0) is 92.8 Å². The van der Waals surface area contributed by atoms with Crippen molar-refractivity contribution in [2.75, 3.05) is 30.3 Å². The number of hydrogen-bond donors (Lipinski definition) is 1. The van der Waals surface area contributed by atoms with E-state index in [2.05, 4.69) is 21.2 Å². The summed E-state index contributed by atoms with van der Waals surface area (Å²) in [5.41, 5.74) is 1.12. The molecular formula is C31H38BrN3O5S2. The summed E-state index contributed by atoms with van der Waals surface area (Å²) >= 11 is 4.93. The second kappa shape index (κ2) is 16.0. The van der Waals surface area contributed by atoms with Gasteiger partial charge in [-0.1, -0.05) is 41.4 Å². The van der Waals surface area contributed by atoms with E-state index in [-0.39, 0.29) is 17.3 Å². The minimum atomic E-state index is -4.15. The molecule has 0 unspecified atom stereocenters. The summed E-state index contributed by atoms with van der Waals surface area (Å²) in [6, 6.07) is 19.7. The van der Waals surface area contributed by atoms with Crippen LogP contribution in [0.4, 0.5) is 5.69 Å². The van der Waals surface area contributed by atoms with Gasteiger partial charge in [0.1, 0.15) is 18.3 Å². The summed E-state index contributed by atoms with van der Waals surface area (Å²) in [6.45, 7) is 6.15. The predicted octanol–water partition coefficient (Wildman–Crippen LogP) is 6.10. The number of halogens is 1. The van der Waals surface area contributed by atoms with Gasteiger partial charge in [-0.25, -0.2) is 8.42 Å². The van der Waals surface area contributed by atoms with Crippen molar-refractivity contribution < 1.29 is 22.7 Å². The molecule has 8 nitrogen and oxygen atoms in total. The highest BCUT2D eigenvalue weighted by molar-refractivity contribution is 9.10. The molecule has 0 aliphatic heterocycles. The molecule has 1 N–H and O–H groups in total. The lowest BCUT2D eigenvalue weighted by Gasteiger charge is -2.32. The third kappa shape index (κ3) is 8.99. The Morgan fingerprint density at radius 1 is 0.976 bits per heavy atom. The number of ether oxygens (including phenoxy) is 1. The Bertz CT molecular complexity index is 1420. The molecule has 1 atom stereocenters. The number of carbonyl (C=O) groups excluding carboxylic acids is 2. The van der Waals surface area contributed by atoms with Crippen LogP contribution in [-0.4, -0.2) is 57.1 Å². The van der Waals surface area contributed by atoms with E-state index in [0.717, 1.165) is 32.1 Å². The number of sulfonamides is 1. The first-order valence-electron chi connectivity index (χ1n) is 13.8. The second-order valence-electron chi connectivity index (χ2n) is 9.58. The van der Waals surface area contributed by atoms with Crippen molar-refractivity contribution in [2.24, 2.45) is 0 Å². The number of nitrogens with one attached hydrogen (secondary N) is 1. The summed E-state index contributed by atoms with van der Waals surface area (Å²) in [5, 5.41) is 2.90. The molecule has 0 spiro atoms. The van der Waals surface area contributed by atoms with Crippen LogP contribution in [0.5, 0.6) is 5.75 Å². The maximum absolute atomic E-state index is 14.0. The van der Waals surface area contributed by atoms with Crippen molar-refractivity contribution in [1.29, 1.82) is 0 Å². The lowest BCUT2D eigenvalue weighted by Crippen LogP contribution is -2.51. The normalized spacial score (nSPS) is 11.9. The van der Waals surface area contributed by atoms with Gasteiger partial charge in [0.05, 0.1) is 17.2 Å².